The summed E-state index contributed by atoms with van der Waals surface area (Å²) in [5.41, 5.74) is 1.23. The highest BCUT2D eigenvalue weighted by Gasteiger charge is 1.98. The Morgan fingerprint density at radius 2 is 1.82 bits per heavy atom. The van der Waals surface area contributed by atoms with Crippen molar-refractivity contribution in [1.29, 1.82) is 0 Å². The van der Waals surface area contributed by atoms with E-state index in [0.29, 0.717) is 11.3 Å². The van der Waals surface area contributed by atoms with Crippen LogP contribution in [0, 0.1) is 5.82 Å². The van der Waals surface area contributed by atoms with Crippen molar-refractivity contribution < 1.29 is 9.50 Å². The molecule has 17 heavy (non-hydrogen) atoms. The minimum Gasteiger partial charge on any atom is -0.507 e. The van der Waals surface area contributed by atoms with Crippen LogP contribution >= 0.6 is 15.9 Å². The molecule has 0 aliphatic heterocycles. The first-order chi connectivity index (χ1) is 8.15. The van der Waals surface area contributed by atoms with Crippen molar-refractivity contribution in [2.24, 2.45) is 4.99 Å². The van der Waals surface area contributed by atoms with E-state index in [1.54, 1.807) is 30.3 Å². The van der Waals surface area contributed by atoms with Crippen molar-refractivity contribution in [2.75, 3.05) is 0 Å². The quantitative estimate of drug-likeness (QED) is 0.833. The number of halogens is 2. The van der Waals surface area contributed by atoms with Gasteiger partial charge in [-0.25, -0.2) is 4.39 Å². The SMILES string of the molecule is Oc1ccc(Br)cc1/C=N/c1ccc(F)cc1. The van der Waals surface area contributed by atoms with Gasteiger partial charge in [0.1, 0.15) is 11.6 Å². The zero-order valence-electron chi connectivity index (χ0n) is 8.77. The fourth-order valence-electron chi connectivity index (χ4n) is 1.30. The van der Waals surface area contributed by atoms with Gasteiger partial charge in [0.2, 0.25) is 0 Å². The molecule has 0 amide bonds. The largest absolute Gasteiger partial charge is 0.507 e. The minimum atomic E-state index is -0.297. The van der Waals surface area contributed by atoms with E-state index in [9.17, 15) is 9.50 Å². The summed E-state index contributed by atoms with van der Waals surface area (Å²) in [4.78, 5) is 4.15. The monoisotopic (exact) mass is 293 g/mol. The van der Waals surface area contributed by atoms with Gasteiger partial charge in [0.25, 0.3) is 0 Å². The molecule has 0 radical (unpaired) electrons. The Morgan fingerprint density at radius 3 is 2.53 bits per heavy atom. The number of hydrogen-bond acceptors (Lipinski definition) is 2. The third kappa shape index (κ3) is 3.14. The first-order valence-corrected chi connectivity index (χ1v) is 5.72. The van der Waals surface area contributed by atoms with E-state index in [4.69, 9.17) is 0 Å². The van der Waals surface area contributed by atoms with Crippen molar-refractivity contribution in [3.63, 3.8) is 0 Å². The number of hydrogen-bond donors (Lipinski definition) is 1. The second-order valence-corrected chi connectivity index (χ2v) is 4.35. The predicted octanol–water partition coefficient (Wildman–Crippen LogP) is 4.04. The van der Waals surface area contributed by atoms with Gasteiger partial charge in [-0.15, -0.1) is 0 Å². The van der Waals surface area contributed by atoms with Crippen LogP contribution in [0.1, 0.15) is 5.56 Å². The molecule has 1 N–H and O–H groups in total. The van der Waals surface area contributed by atoms with E-state index in [1.165, 1.54) is 18.3 Å². The van der Waals surface area contributed by atoms with Crippen molar-refractivity contribution in [3.05, 3.63) is 58.3 Å². The minimum absolute atomic E-state index is 0.152. The summed E-state index contributed by atoms with van der Waals surface area (Å²) in [6, 6.07) is 10.9. The molecule has 0 saturated heterocycles. The van der Waals surface area contributed by atoms with Gasteiger partial charge in [0.05, 0.1) is 5.69 Å². The fraction of sp³-hybridized carbons (Fsp3) is 0. The Labute approximate surface area is 107 Å². The number of benzene rings is 2. The summed E-state index contributed by atoms with van der Waals surface area (Å²) in [7, 11) is 0. The van der Waals surface area contributed by atoms with Crippen LogP contribution in [0.15, 0.2) is 51.9 Å². The van der Waals surface area contributed by atoms with Gasteiger partial charge in [-0.2, -0.15) is 0 Å². The Bertz CT molecular complexity index is 552. The highest BCUT2D eigenvalue weighted by atomic mass is 79.9. The maximum absolute atomic E-state index is 12.7. The average molecular weight is 294 g/mol. The Hall–Kier alpha value is -1.68. The molecule has 0 fully saturated rings. The van der Waals surface area contributed by atoms with Crippen LogP contribution in [0.2, 0.25) is 0 Å². The van der Waals surface area contributed by atoms with Gasteiger partial charge in [-0.1, -0.05) is 15.9 Å². The van der Waals surface area contributed by atoms with E-state index in [-0.39, 0.29) is 11.6 Å². The zero-order chi connectivity index (χ0) is 12.3. The predicted molar refractivity (Wildman–Crippen MR) is 69.5 cm³/mol. The number of aromatic hydroxyl groups is 1. The third-order valence-electron chi connectivity index (χ3n) is 2.17. The third-order valence-corrected chi connectivity index (χ3v) is 2.66. The first kappa shape index (κ1) is 11.8. The molecule has 2 rings (SSSR count). The molecule has 2 aromatic carbocycles. The van der Waals surface area contributed by atoms with Crippen LogP contribution in [-0.2, 0) is 0 Å². The van der Waals surface area contributed by atoms with Crippen LogP contribution in [0.3, 0.4) is 0 Å². The Balaban J connectivity index is 2.25. The first-order valence-electron chi connectivity index (χ1n) is 4.93. The molecule has 0 spiro atoms. The lowest BCUT2D eigenvalue weighted by Crippen LogP contribution is -1.82. The van der Waals surface area contributed by atoms with Crippen molar-refractivity contribution in [1.82, 2.24) is 0 Å². The molecular weight excluding hydrogens is 285 g/mol. The van der Waals surface area contributed by atoms with Gasteiger partial charge in [-0.3, -0.25) is 4.99 Å². The number of aliphatic imine (C=N–C) groups is 1. The Kier molecular flexibility index (Phi) is 3.54. The van der Waals surface area contributed by atoms with Crippen LogP contribution in [0.4, 0.5) is 10.1 Å². The lowest BCUT2D eigenvalue weighted by molar-refractivity contribution is 0.474. The van der Waals surface area contributed by atoms with Crippen LogP contribution in [-0.4, -0.2) is 11.3 Å². The van der Waals surface area contributed by atoms with Crippen LogP contribution < -0.4 is 0 Å². The molecule has 0 atom stereocenters. The lowest BCUT2D eigenvalue weighted by atomic mass is 10.2. The maximum atomic E-state index is 12.7. The molecule has 4 heteroatoms. The van der Waals surface area contributed by atoms with Crippen LogP contribution in [0.25, 0.3) is 0 Å². The number of nitrogens with zero attached hydrogens (tertiary/aromatic N) is 1. The van der Waals surface area contributed by atoms with Crippen molar-refractivity contribution in [3.8, 4) is 5.75 Å². The van der Waals surface area contributed by atoms with Gasteiger partial charge >= 0.3 is 0 Å². The number of phenolic OH excluding ortho intramolecular Hbond substituents is 1. The molecule has 0 saturated carbocycles. The van der Waals surface area contributed by atoms with E-state index >= 15 is 0 Å². The number of rotatable bonds is 2. The molecule has 0 bridgehead atoms. The summed E-state index contributed by atoms with van der Waals surface area (Å²) in [5.74, 6) is -0.145. The van der Waals surface area contributed by atoms with Crippen molar-refractivity contribution >= 4 is 27.8 Å². The summed E-state index contributed by atoms with van der Waals surface area (Å²) in [6.45, 7) is 0. The van der Waals surface area contributed by atoms with Gasteiger partial charge in [0.15, 0.2) is 0 Å². The van der Waals surface area contributed by atoms with Gasteiger partial charge in [0, 0.05) is 16.3 Å². The summed E-state index contributed by atoms with van der Waals surface area (Å²) >= 11 is 3.31. The molecule has 86 valence electrons. The van der Waals surface area contributed by atoms with Crippen molar-refractivity contribution in [2.45, 2.75) is 0 Å². The lowest BCUT2D eigenvalue weighted by Gasteiger charge is -1.99. The van der Waals surface area contributed by atoms with E-state index in [0.717, 1.165) is 4.47 Å². The highest BCUT2D eigenvalue weighted by molar-refractivity contribution is 9.10. The second-order valence-electron chi connectivity index (χ2n) is 3.44. The molecule has 0 aliphatic carbocycles. The highest BCUT2D eigenvalue weighted by Crippen LogP contribution is 2.21. The molecule has 0 heterocycles. The molecular formula is C13H9BrFNO. The molecule has 2 aromatic rings. The summed E-state index contributed by atoms with van der Waals surface area (Å²) in [6.07, 6.45) is 1.54. The van der Waals surface area contributed by atoms with Crippen LogP contribution in [0.5, 0.6) is 5.75 Å². The molecule has 2 nitrogen and oxygen atoms in total. The van der Waals surface area contributed by atoms with Gasteiger partial charge < -0.3 is 5.11 Å². The Morgan fingerprint density at radius 1 is 1.12 bits per heavy atom. The summed E-state index contributed by atoms with van der Waals surface area (Å²) < 4.78 is 13.5. The number of phenols is 1. The smallest absolute Gasteiger partial charge is 0.124 e. The van der Waals surface area contributed by atoms with E-state index in [1.807, 2.05) is 0 Å². The molecule has 0 aliphatic rings. The van der Waals surface area contributed by atoms with E-state index < -0.39 is 0 Å². The maximum Gasteiger partial charge on any atom is 0.124 e. The van der Waals surface area contributed by atoms with Gasteiger partial charge in [-0.05, 0) is 42.5 Å². The fourth-order valence-corrected chi connectivity index (χ4v) is 1.68. The topological polar surface area (TPSA) is 32.6 Å². The summed E-state index contributed by atoms with van der Waals surface area (Å²) in [5, 5.41) is 9.59. The average Bonchev–Trinajstić information content (AvgIpc) is 2.32. The van der Waals surface area contributed by atoms with E-state index in [2.05, 4.69) is 20.9 Å². The second kappa shape index (κ2) is 5.10. The normalized spacial score (nSPS) is 10.9. The molecule has 0 aromatic heterocycles. The standard InChI is InChI=1S/C13H9BrFNO/c14-10-1-6-13(17)9(7-10)8-16-12-4-2-11(15)3-5-12/h1-8,17H/b16-8+. The zero-order valence-corrected chi connectivity index (χ0v) is 10.4. The molecule has 0 unspecified atom stereocenters.